The maximum atomic E-state index is 13.7. The van der Waals surface area contributed by atoms with Crippen molar-refractivity contribution in [2.24, 2.45) is 5.92 Å². The van der Waals surface area contributed by atoms with Crippen molar-refractivity contribution in [1.82, 2.24) is 20.4 Å². The maximum absolute atomic E-state index is 13.7. The second-order valence-electron chi connectivity index (χ2n) is 10.9. The Morgan fingerprint density at radius 1 is 0.884 bits per heavy atom. The van der Waals surface area contributed by atoms with Crippen LogP contribution >= 0.6 is 0 Å². The van der Waals surface area contributed by atoms with Crippen LogP contribution in [0.3, 0.4) is 0 Å². The normalized spacial score (nSPS) is 18.2. The Kier molecular flexibility index (Phi) is 11.4. The highest BCUT2D eigenvalue weighted by Gasteiger charge is 2.47. The van der Waals surface area contributed by atoms with E-state index >= 15 is 0 Å². The van der Waals surface area contributed by atoms with Crippen LogP contribution < -0.4 is 20.1 Å². The van der Waals surface area contributed by atoms with Gasteiger partial charge in [-0.05, 0) is 61.1 Å². The van der Waals surface area contributed by atoms with E-state index in [1.165, 1.54) is 4.90 Å². The molecule has 0 aromatic heterocycles. The van der Waals surface area contributed by atoms with Crippen molar-refractivity contribution >= 4 is 23.8 Å². The Balaban J connectivity index is 1.37. The second-order valence-corrected chi connectivity index (χ2v) is 10.9. The Morgan fingerprint density at radius 3 is 2.33 bits per heavy atom. The lowest BCUT2D eigenvalue weighted by molar-refractivity contribution is -0.142. The molecule has 2 aliphatic rings. The summed E-state index contributed by atoms with van der Waals surface area (Å²) in [5.41, 5.74) is 2.20. The van der Waals surface area contributed by atoms with Gasteiger partial charge in [0.2, 0.25) is 11.8 Å². The van der Waals surface area contributed by atoms with Gasteiger partial charge in [0.05, 0.1) is 26.7 Å². The van der Waals surface area contributed by atoms with Crippen LogP contribution in [-0.4, -0.2) is 87.2 Å². The average molecular weight is 595 g/mol. The molecule has 1 heterocycles. The lowest BCUT2D eigenvalue weighted by atomic mass is 9.81. The van der Waals surface area contributed by atoms with Crippen molar-refractivity contribution in [2.45, 2.75) is 51.1 Å². The van der Waals surface area contributed by atoms with Crippen LogP contribution in [0.4, 0.5) is 4.79 Å². The Bertz CT molecular complexity index is 1280. The molecule has 11 nitrogen and oxygen atoms in total. The van der Waals surface area contributed by atoms with Gasteiger partial charge in [-0.25, -0.2) is 4.79 Å². The summed E-state index contributed by atoms with van der Waals surface area (Å²) in [6.07, 6.45) is 4.50. The highest BCUT2D eigenvalue weighted by molar-refractivity contribution is 6.00. The zero-order chi connectivity index (χ0) is 30.8. The lowest BCUT2D eigenvalue weighted by Gasteiger charge is -2.46. The summed E-state index contributed by atoms with van der Waals surface area (Å²) in [4.78, 5) is 55.3. The number of ether oxygens (including phenoxy) is 3. The Labute approximate surface area is 252 Å². The van der Waals surface area contributed by atoms with Crippen molar-refractivity contribution in [1.29, 1.82) is 0 Å². The molecule has 1 aliphatic heterocycles. The molecular weight excluding hydrogens is 552 g/mol. The predicted octanol–water partition coefficient (Wildman–Crippen LogP) is 3.15. The van der Waals surface area contributed by atoms with Crippen LogP contribution in [0, 0.1) is 5.92 Å². The Hall–Kier alpha value is -4.12. The molecule has 1 saturated carbocycles. The van der Waals surface area contributed by atoms with E-state index in [0.29, 0.717) is 62.4 Å². The van der Waals surface area contributed by atoms with E-state index < -0.39 is 6.03 Å². The summed E-state index contributed by atoms with van der Waals surface area (Å²) < 4.78 is 15.6. The molecule has 4 rings (SSSR count). The summed E-state index contributed by atoms with van der Waals surface area (Å²) in [6, 6.07) is 11.8. The molecule has 2 N–H and O–H groups in total. The second kappa shape index (κ2) is 15.4. The van der Waals surface area contributed by atoms with Gasteiger partial charge >= 0.3 is 6.03 Å². The first-order valence-electron chi connectivity index (χ1n) is 14.8. The van der Waals surface area contributed by atoms with Crippen LogP contribution in [0.15, 0.2) is 42.5 Å². The van der Waals surface area contributed by atoms with Gasteiger partial charge in [-0.3, -0.25) is 19.3 Å². The number of fused-ring (bicyclic) bond motifs is 1. The van der Waals surface area contributed by atoms with E-state index in [-0.39, 0.29) is 42.8 Å². The van der Waals surface area contributed by atoms with Gasteiger partial charge in [-0.1, -0.05) is 31.0 Å². The quantitative estimate of drug-likeness (QED) is 0.322. The van der Waals surface area contributed by atoms with Gasteiger partial charge in [0.25, 0.3) is 5.91 Å². The third-order valence-corrected chi connectivity index (χ3v) is 8.05. The van der Waals surface area contributed by atoms with Crippen molar-refractivity contribution < 1.29 is 33.4 Å². The number of nitrogens with zero attached hydrogens (tertiary/aromatic N) is 2. The molecule has 1 saturated heterocycles. The molecule has 2 aromatic carbocycles. The minimum Gasteiger partial charge on any atom is -0.493 e. The molecule has 2 unspecified atom stereocenters. The minimum absolute atomic E-state index is 0.0774. The Morgan fingerprint density at radius 2 is 1.60 bits per heavy atom. The highest BCUT2D eigenvalue weighted by Crippen LogP contribution is 2.35. The number of urea groups is 1. The number of hydrogen-bond donors (Lipinski definition) is 2. The molecule has 0 spiro atoms. The number of imide groups is 1. The molecule has 2 atom stereocenters. The third-order valence-electron chi connectivity index (χ3n) is 8.05. The lowest BCUT2D eigenvalue weighted by Crippen LogP contribution is -2.63. The number of nitrogens with one attached hydrogen (secondary N) is 2. The topological polar surface area (TPSA) is 127 Å². The number of methoxy groups -OCH3 is 3. The van der Waals surface area contributed by atoms with Gasteiger partial charge in [-0.15, -0.1) is 0 Å². The summed E-state index contributed by atoms with van der Waals surface area (Å²) in [7, 11) is 4.77. The van der Waals surface area contributed by atoms with Crippen molar-refractivity contribution in [3.63, 3.8) is 0 Å². The van der Waals surface area contributed by atoms with E-state index in [9.17, 15) is 19.2 Å². The first kappa shape index (κ1) is 31.8. The molecule has 0 radical (unpaired) electrons. The molecular formula is C32H42N4O7. The van der Waals surface area contributed by atoms with Gasteiger partial charge in [0.1, 0.15) is 6.54 Å². The molecule has 2 aromatic rings. The van der Waals surface area contributed by atoms with E-state index in [1.807, 2.05) is 18.2 Å². The molecule has 1 aliphatic carbocycles. The standard InChI is InChI=1S/C32H42N4O7/c1-41-18-6-16-34-30(38)24-12-9-23(10-13-24)20-36-31(39)25-7-4-5-8-26(25)35(32(36)40)21-29(37)33-17-15-22-11-14-27(42-2)28(19-22)43-3/h9-14,19,25-26H,4-8,15-18,20-21H2,1-3H3,(H,33,37)(H,34,38). The molecule has 11 heteroatoms. The molecule has 232 valence electrons. The number of carbonyl (C=O) groups excluding carboxylic acids is 4. The number of carbonyl (C=O) groups is 4. The first-order valence-corrected chi connectivity index (χ1v) is 14.8. The highest BCUT2D eigenvalue weighted by atomic mass is 16.5. The van der Waals surface area contributed by atoms with E-state index in [4.69, 9.17) is 14.2 Å². The van der Waals surface area contributed by atoms with E-state index in [1.54, 1.807) is 50.5 Å². The SMILES string of the molecule is COCCCNC(=O)c1ccc(CN2C(=O)C3CCCCC3N(CC(=O)NCCc3ccc(OC)c(OC)c3)C2=O)cc1. The largest absolute Gasteiger partial charge is 0.493 e. The van der Waals surface area contributed by atoms with Gasteiger partial charge in [0.15, 0.2) is 11.5 Å². The van der Waals surface area contributed by atoms with Crippen molar-refractivity contribution in [3.05, 3.63) is 59.2 Å². The molecule has 0 bridgehead atoms. The fourth-order valence-corrected chi connectivity index (χ4v) is 5.75. The number of benzene rings is 2. The molecule has 2 fully saturated rings. The number of rotatable bonds is 14. The third kappa shape index (κ3) is 8.04. The molecule has 5 amide bonds. The number of hydrogen-bond acceptors (Lipinski definition) is 7. The first-order chi connectivity index (χ1) is 20.9. The zero-order valence-corrected chi connectivity index (χ0v) is 25.2. The van der Waals surface area contributed by atoms with Crippen LogP contribution in [-0.2, 0) is 27.3 Å². The van der Waals surface area contributed by atoms with E-state index in [2.05, 4.69) is 10.6 Å². The van der Waals surface area contributed by atoms with Crippen LogP contribution in [0.5, 0.6) is 11.5 Å². The van der Waals surface area contributed by atoms with Crippen LogP contribution in [0.1, 0.15) is 53.6 Å². The monoisotopic (exact) mass is 594 g/mol. The summed E-state index contributed by atoms with van der Waals surface area (Å²) >= 11 is 0. The molecule has 43 heavy (non-hydrogen) atoms. The van der Waals surface area contributed by atoms with Gasteiger partial charge in [0, 0.05) is 38.4 Å². The fourth-order valence-electron chi connectivity index (χ4n) is 5.75. The minimum atomic E-state index is -0.455. The fraction of sp³-hybridized carbons (Fsp3) is 0.500. The van der Waals surface area contributed by atoms with Gasteiger partial charge in [-0.2, -0.15) is 0 Å². The average Bonchev–Trinajstić information content (AvgIpc) is 3.03. The van der Waals surface area contributed by atoms with Gasteiger partial charge < -0.3 is 29.7 Å². The smallest absolute Gasteiger partial charge is 0.327 e. The van der Waals surface area contributed by atoms with Crippen molar-refractivity contribution in [3.8, 4) is 11.5 Å². The summed E-state index contributed by atoms with van der Waals surface area (Å²) in [5.74, 6) is 0.266. The maximum Gasteiger partial charge on any atom is 0.327 e. The predicted molar refractivity (Wildman–Crippen MR) is 160 cm³/mol. The summed E-state index contributed by atoms with van der Waals surface area (Å²) in [6.45, 7) is 1.43. The van der Waals surface area contributed by atoms with E-state index in [0.717, 1.165) is 24.0 Å². The number of amides is 5. The van der Waals surface area contributed by atoms with Crippen LogP contribution in [0.25, 0.3) is 0 Å². The van der Waals surface area contributed by atoms with Crippen LogP contribution in [0.2, 0.25) is 0 Å². The summed E-state index contributed by atoms with van der Waals surface area (Å²) in [5, 5.41) is 5.77. The van der Waals surface area contributed by atoms with Crippen molar-refractivity contribution in [2.75, 3.05) is 47.6 Å². The zero-order valence-electron chi connectivity index (χ0n) is 25.2.